The second-order valence-electron chi connectivity index (χ2n) is 6.74. The van der Waals surface area contributed by atoms with Gasteiger partial charge in [0.1, 0.15) is 5.82 Å². The molecule has 1 aliphatic rings. The third-order valence-electron chi connectivity index (χ3n) is 4.62. The van der Waals surface area contributed by atoms with Crippen LogP contribution in [0.2, 0.25) is 0 Å². The Morgan fingerprint density at radius 2 is 2.04 bits per heavy atom. The van der Waals surface area contributed by atoms with E-state index in [1.165, 1.54) is 12.5 Å². The Bertz CT molecular complexity index is 812. The predicted octanol–water partition coefficient (Wildman–Crippen LogP) is 3.28. The number of benzene rings is 1. The molecule has 0 bridgehead atoms. The molecular formula is C19H25F3N6. The van der Waals surface area contributed by atoms with Crippen molar-refractivity contribution in [3.05, 3.63) is 47.0 Å². The monoisotopic (exact) mass is 394 g/mol. The predicted molar refractivity (Wildman–Crippen MR) is 101 cm³/mol. The van der Waals surface area contributed by atoms with Crippen LogP contribution >= 0.6 is 0 Å². The molecule has 2 aromatic rings. The van der Waals surface area contributed by atoms with E-state index in [1.807, 2.05) is 6.92 Å². The molecule has 152 valence electrons. The number of hydrogen-bond acceptors (Lipinski definition) is 3. The van der Waals surface area contributed by atoms with Gasteiger partial charge in [0.2, 0.25) is 0 Å². The van der Waals surface area contributed by atoms with Gasteiger partial charge in [-0.15, -0.1) is 10.2 Å². The standard InChI is InChI=1S/C19H25F3N6/c1-2-23-18(24-12-14-7-6-8-15(11-14)19(20,21)22)25-13-17-27-26-16-9-4-3-5-10-28(16)17/h6-8,11H,2-5,9-10,12-13H2,1H3,(H2,23,24,25). The van der Waals surface area contributed by atoms with E-state index >= 15 is 0 Å². The van der Waals surface area contributed by atoms with Crippen molar-refractivity contribution in [2.75, 3.05) is 6.54 Å². The molecule has 2 N–H and O–H groups in total. The second-order valence-corrected chi connectivity index (χ2v) is 6.74. The van der Waals surface area contributed by atoms with Gasteiger partial charge in [0, 0.05) is 19.5 Å². The summed E-state index contributed by atoms with van der Waals surface area (Å²) in [5, 5.41) is 14.9. The lowest BCUT2D eigenvalue weighted by Gasteiger charge is -2.13. The maximum Gasteiger partial charge on any atom is 0.416 e. The number of aromatic nitrogens is 3. The third-order valence-corrected chi connectivity index (χ3v) is 4.62. The lowest BCUT2D eigenvalue weighted by Crippen LogP contribution is -2.37. The summed E-state index contributed by atoms with van der Waals surface area (Å²) < 4.78 is 40.7. The lowest BCUT2D eigenvalue weighted by molar-refractivity contribution is -0.137. The van der Waals surface area contributed by atoms with Gasteiger partial charge in [-0.25, -0.2) is 4.99 Å². The van der Waals surface area contributed by atoms with E-state index < -0.39 is 11.7 Å². The molecule has 0 unspecified atom stereocenters. The average Bonchev–Trinajstić information content (AvgIpc) is 2.90. The van der Waals surface area contributed by atoms with Crippen molar-refractivity contribution in [3.8, 4) is 0 Å². The van der Waals surface area contributed by atoms with Crippen LogP contribution in [0.15, 0.2) is 29.3 Å². The van der Waals surface area contributed by atoms with Crippen molar-refractivity contribution >= 4 is 5.96 Å². The van der Waals surface area contributed by atoms with Crippen molar-refractivity contribution in [1.29, 1.82) is 0 Å². The summed E-state index contributed by atoms with van der Waals surface area (Å²) in [7, 11) is 0. The molecule has 1 aliphatic heterocycles. The number of halogens is 3. The van der Waals surface area contributed by atoms with Crippen LogP contribution in [-0.4, -0.2) is 27.3 Å². The molecule has 0 amide bonds. The first-order valence-corrected chi connectivity index (χ1v) is 9.56. The molecule has 0 radical (unpaired) electrons. The maximum atomic E-state index is 12.9. The van der Waals surface area contributed by atoms with Crippen LogP contribution in [0.5, 0.6) is 0 Å². The highest BCUT2D eigenvalue weighted by molar-refractivity contribution is 5.79. The van der Waals surface area contributed by atoms with Gasteiger partial charge in [-0.05, 0) is 37.5 Å². The molecule has 28 heavy (non-hydrogen) atoms. The molecule has 0 atom stereocenters. The van der Waals surface area contributed by atoms with E-state index in [2.05, 4.69) is 30.4 Å². The number of aliphatic imine (C=N–C) groups is 1. The number of rotatable bonds is 5. The average molecular weight is 394 g/mol. The summed E-state index contributed by atoms with van der Waals surface area (Å²) in [6, 6.07) is 5.24. The SMILES string of the molecule is CCNC(=NCc1cccc(C(F)(F)F)c1)NCc1nnc2n1CCCCC2. The molecular weight excluding hydrogens is 369 g/mol. The van der Waals surface area contributed by atoms with Gasteiger partial charge in [0.25, 0.3) is 0 Å². The lowest BCUT2D eigenvalue weighted by atomic mass is 10.1. The summed E-state index contributed by atoms with van der Waals surface area (Å²) in [4.78, 5) is 4.41. The highest BCUT2D eigenvalue weighted by Crippen LogP contribution is 2.29. The number of alkyl halides is 3. The van der Waals surface area contributed by atoms with E-state index in [0.29, 0.717) is 24.6 Å². The maximum absolute atomic E-state index is 12.9. The summed E-state index contributed by atoms with van der Waals surface area (Å²) in [6.07, 6.45) is 0.0242. The van der Waals surface area contributed by atoms with E-state index in [1.54, 1.807) is 6.07 Å². The van der Waals surface area contributed by atoms with Gasteiger partial charge >= 0.3 is 6.18 Å². The van der Waals surface area contributed by atoms with Gasteiger partial charge in [0.05, 0.1) is 18.7 Å². The Balaban J connectivity index is 1.66. The zero-order chi connectivity index (χ0) is 20.0. The van der Waals surface area contributed by atoms with Crippen LogP contribution in [0.25, 0.3) is 0 Å². The summed E-state index contributed by atoms with van der Waals surface area (Å²) in [5.41, 5.74) is -0.160. The molecule has 2 heterocycles. The zero-order valence-electron chi connectivity index (χ0n) is 15.9. The normalized spacial score (nSPS) is 15.1. The van der Waals surface area contributed by atoms with Crippen molar-refractivity contribution < 1.29 is 13.2 Å². The van der Waals surface area contributed by atoms with Crippen molar-refractivity contribution in [3.63, 3.8) is 0 Å². The summed E-state index contributed by atoms with van der Waals surface area (Å²) in [6.45, 7) is 4.10. The Labute approximate surface area is 162 Å². The first-order valence-electron chi connectivity index (χ1n) is 9.56. The van der Waals surface area contributed by atoms with Crippen LogP contribution in [0.4, 0.5) is 13.2 Å². The molecule has 9 heteroatoms. The van der Waals surface area contributed by atoms with Crippen molar-refractivity contribution in [2.45, 2.75) is 58.4 Å². The fourth-order valence-electron chi connectivity index (χ4n) is 3.20. The first-order chi connectivity index (χ1) is 13.5. The van der Waals surface area contributed by atoms with Crippen LogP contribution in [0, 0.1) is 0 Å². The fourth-order valence-corrected chi connectivity index (χ4v) is 3.20. The molecule has 6 nitrogen and oxygen atoms in total. The Hall–Kier alpha value is -2.58. The minimum absolute atomic E-state index is 0.150. The van der Waals surface area contributed by atoms with Crippen molar-refractivity contribution in [2.24, 2.45) is 4.99 Å². The van der Waals surface area contributed by atoms with Crippen molar-refractivity contribution in [1.82, 2.24) is 25.4 Å². The van der Waals surface area contributed by atoms with E-state index in [4.69, 9.17) is 0 Å². The van der Waals surface area contributed by atoms with E-state index in [0.717, 1.165) is 49.6 Å². The molecule has 0 aliphatic carbocycles. The highest BCUT2D eigenvalue weighted by atomic mass is 19.4. The van der Waals surface area contributed by atoms with Gasteiger partial charge in [-0.1, -0.05) is 18.6 Å². The largest absolute Gasteiger partial charge is 0.416 e. The van der Waals surface area contributed by atoms with Crippen LogP contribution in [-0.2, 0) is 32.2 Å². The number of nitrogens with one attached hydrogen (secondary N) is 2. The molecule has 0 fully saturated rings. The fraction of sp³-hybridized carbons (Fsp3) is 0.526. The van der Waals surface area contributed by atoms with Gasteiger partial charge < -0.3 is 15.2 Å². The Morgan fingerprint density at radius 1 is 1.18 bits per heavy atom. The topological polar surface area (TPSA) is 67.1 Å². The smallest absolute Gasteiger partial charge is 0.357 e. The van der Waals surface area contributed by atoms with Crippen LogP contribution < -0.4 is 10.6 Å². The number of hydrogen-bond donors (Lipinski definition) is 2. The van der Waals surface area contributed by atoms with E-state index in [9.17, 15) is 13.2 Å². The summed E-state index contributed by atoms with van der Waals surface area (Å²) in [5.74, 6) is 2.40. The third kappa shape index (κ3) is 5.24. The van der Waals surface area contributed by atoms with E-state index in [-0.39, 0.29) is 6.54 Å². The number of guanidine groups is 1. The summed E-state index contributed by atoms with van der Waals surface area (Å²) >= 11 is 0. The first kappa shape index (κ1) is 20.2. The number of nitrogens with zero attached hydrogens (tertiary/aromatic N) is 4. The molecule has 0 spiro atoms. The second kappa shape index (κ2) is 9.07. The molecule has 1 aromatic carbocycles. The van der Waals surface area contributed by atoms with Gasteiger partial charge in [-0.3, -0.25) is 0 Å². The quantitative estimate of drug-likeness (QED) is 0.603. The molecule has 1 aromatic heterocycles. The van der Waals surface area contributed by atoms with Crippen LogP contribution in [0.1, 0.15) is 49.0 Å². The molecule has 0 saturated heterocycles. The van der Waals surface area contributed by atoms with Crippen LogP contribution in [0.3, 0.4) is 0 Å². The minimum atomic E-state index is -4.35. The van der Waals surface area contributed by atoms with Gasteiger partial charge in [0.15, 0.2) is 11.8 Å². The number of aryl methyl sites for hydroxylation is 1. The highest BCUT2D eigenvalue weighted by Gasteiger charge is 2.30. The minimum Gasteiger partial charge on any atom is -0.357 e. The van der Waals surface area contributed by atoms with Gasteiger partial charge in [-0.2, -0.15) is 13.2 Å². The molecule has 3 rings (SSSR count). The zero-order valence-corrected chi connectivity index (χ0v) is 15.9. The Morgan fingerprint density at radius 3 is 2.82 bits per heavy atom. The Kier molecular flexibility index (Phi) is 6.53. The molecule has 0 saturated carbocycles. The number of fused-ring (bicyclic) bond motifs is 1.